The predicted octanol–water partition coefficient (Wildman–Crippen LogP) is 4.02. The van der Waals surface area contributed by atoms with Gasteiger partial charge < -0.3 is 9.80 Å². The molecule has 1 saturated heterocycles. The number of carbonyl (C=O) groups excluding carboxylic acids is 1. The summed E-state index contributed by atoms with van der Waals surface area (Å²) in [5, 5.41) is 3.80. The summed E-state index contributed by atoms with van der Waals surface area (Å²) in [5.41, 5.74) is 0. The Morgan fingerprint density at radius 1 is 1.21 bits per heavy atom. The third kappa shape index (κ3) is 4.88. The molecule has 1 amide bonds. The fourth-order valence-electron chi connectivity index (χ4n) is 2.62. The molecular weight excluding hydrogens is 362 g/mol. The number of rotatable bonds is 6. The molecule has 0 atom stereocenters. The van der Waals surface area contributed by atoms with Crippen LogP contribution in [0.5, 0.6) is 0 Å². The Labute approximate surface area is 155 Å². The number of hydrogen-bond donors (Lipinski definition) is 0. The van der Waals surface area contributed by atoms with E-state index in [9.17, 15) is 4.79 Å². The SMILES string of the molecule is O=C(CCCSc1ccc(Cl)cc1)N1CCN(c2nccs2)CC1. The number of anilines is 1. The summed E-state index contributed by atoms with van der Waals surface area (Å²) in [5.74, 6) is 1.22. The second-order valence-corrected chi connectivity index (χ2v) is 8.07. The largest absolute Gasteiger partial charge is 0.345 e. The van der Waals surface area contributed by atoms with Crippen molar-refractivity contribution in [2.75, 3.05) is 36.8 Å². The van der Waals surface area contributed by atoms with Crippen LogP contribution in [0.25, 0.3) is 0 Å². The number of carbonyl (C=O) groups is 1. The number of amides is 1. The van der Waals surface area contributed by atoms with Crippen LogP contribution in [0.3, 0.4) is 0 Å². The van der Waals surface area contributed by atoms with Crippen molar-refractivity contribution in [3.63, 3.8) is 0 Å². The summed E-state index contributed by atoms with van der Waals surface area (Å²) < 4.78 is 0. The number of thiazole rings is 1. The van der Waals surface area contributed by atoms with Gasteiger partial charge in [0.25, 0.3) is 0 Å². The first-order chi connectivity index (χ1) is 11.7. The fourth-order valence-corrected chi connectivity index (χ4v) is 4.30. The number of nitrogens with zero attached hydrogens (tertiary/aromatic N) is 3. The first-order valence-corrected chi connectivity index (χ1v) is 10.3. The summed E-state index contributed by atoms with van der Waals surface area (Å²) >= 11 is 9.30. The smallest absolute Gasteiger partial charge is 0.222 e. The normalized spacial score (nSPS) is 14.9. The van der Waals surface area contributed by atoms with E-state index in [1.54, 1.807) is 23.1 Å². The van der Waals surface area contributed by atoms with Crippen LogP contribution in [0, 0.1) is 0 Å². The quantitative estimate of drug-likeness (QED) is 0.559. The first-order valence-electron chi connectivity index (χ1n) is 8.03. The van der Waals surface area contributed by atoms with Crippen LogP contribution in [0.2, 0.25) is 5.02 Å². The number of aromatic nitrogens is 1. The highest BCUT2D eigenvalue weighted by atomic mass is 35.5. The maximum absolute atomic E-state index is 12.3. The number of benzene rings is 1. The van der Waals surface area contributed by atoms with Gasteiger partial charge in [0.15, 0.2) is 5.13 Å². The van der Waals surface area contributed by atoms with Gasteiger partial charge in [0.05, 0.1) is 0 Å². The number of hydrogen-bond acceptors (Lipinski definition) is 5. The van der Waals surface area contributed by atoms with Gasteiger partial charge in [-0.25, -0.2) is 4.98 Å². The van der Waals surface area contributed by atoms with Gasteiger partial charge in [0.1, 0.15) is 0 Å². The molecule has 0 N–H and O–H groups in total. The van der Waals surface area contributed by atoms with Crippen LogP contribution >= 0.6 is 34.7 Å². The molecule has 1 aromatic carbocycles. The van der Waals surface area contributed by atoms with Crippen molar-refractivity contribution in [2.45, 2.75) is 17.7 Å². The van der Waals surface area contributed by atoms with E-state index < -0.39 is 0 Å². The number of thioether (sulfide) groups is 1. The molecule has 0 bridgehead atoms. The van der Waals surface area contributed by atoms with Crippen LogP contribution in [0.1, 0.15) is 12.8 Å². The molecule has 24 heavy (non-hydrogen) atoms. The fraction of sp³-hybridized carbons (Fsp3) is 0.412. The van der Waals surface area contributed by atoms with Gasteiger partial charge >= 0.3 is 0 Å². The van der Waals surface area contributed by atoms with Crippen molar-refractivity contribution < 1.29 is 4.79 Å². The van der Waals surface area contributed by atoms with Gasteiger partial charge in [0, 0.05) is 54.1 Å². The van der Waals surface area contributed by atoms with E-state index in [1.165, 1.54) is 4.90 Å². The van der Waals surface area contributed by atoms with Crippen molar-refractivity contribution in [3.05, 3.63) is 40.9 Å². The molecule has 1 aliphatic heterocycles. The lowest BCUT2D eigenvalue weighted by Crippen LogP contribution is -2.48. The summed E-state index contributed by atoms with van der Waals surface area (Å²) in [6.45, 7) is 3.34. The Kier molecular flexibility index (Phi) is 6.40. The lowest BCUT2D eigenvalue weighted by Gasteiger charge is -2.34. The van der Waals surface area contributed by atoms with Crippen LogP contribution in [0.4, 0.5) is 5.13 Å². The van der Waals surface area contributed by atoms with Crippen LogP contribution in [-0.2, 0) is 4.79 Å². The van der Waals surface area contributed by atoms with Gasteiger partial charge in [-0.1, -0.05) is 11.6 Å². The van der Waals surface area contributed by atoms with Crippen molar-refractivity contribution in [1.29, 1.82) is 0 Å². The second-order valence-electron chi connectivity index (χ2n) is 5.59. The Hall–Kier alpha value is -1.24. The minimum absolute atomic E-state index is 0.269. The highest BCUT2D eigenvalue weighted by Gasteiger charge is 2.21. The van der Waals surface area contributed by atoms with Crippen molar-refractivity contribution in [1.82, 2.24) is 9.88 Å². The Morgan fingerprint density at radius 2 is 1.96 bits per heavy atom. The predicted molar refractivity (Wildman–Crippen MR) is 102 cm³/mol. The average molecular weight is 382 g/mol. The minimum Gasteiger partial charge on any atom is -0.345 e. The van der Waals surface area contributed by atoms with E-state index in [0.29, 0.717) is 6.42 Å². The number of halogens is 1. The van der Waals surface area contributed by atoms with Crippen molar-refractivity contribution in [3.8, 4) is 0 Å². The molecule has 0 spiro atoms. The maximum atomic E-state index is 12.3. The van der Waals surface area contributed by atoms with Gasteiger partial charge in [-0.2, -0.15) is 0 Å². The molecule has 2 heterocycles. The summed E-state index contributed by atoms with van der Waals surface area (Å²) in [6, 6.07) is 7.84. The first kappa shape index (κ1) is 17.6. The Morgan fingerprint density at radius 3 is 2.62 bits per heavy atom. The third-order valence-electron chi connectivity index (χ3n) is 3.94. The lowest BCUT2D eigenvalue weighted by atomic mass is 10.2. The van der Waals surface area contributed by atoms with Gasteiger partial charge in [-0.3, -0.25) is 4.79 Å². The van der Waals surface area contributed by atoms with E-state index in [0.717, 1.165) is 48.5 Å². The van der Waals surface area contributed by atoms with Crippen molar-refractivity contribution in [2.24, 2.45) is 0 Å². The molecule has 4 nitrogen and oxygen atoms in total. The van der Waals surface area contributed by atoms with E-state index in [4.69, 9.17) is 11.6 Å². The molecule has 128 valence electrons. The van der Waals surface area contributed by atoms with E-state index in [-0.39, 0.29) is 5.91 Å². The molecule has 0 saturated carbocycles. The Bertz CT molecular complexity index is 640. The van der Waals surface area contributed by atoms with E-state index >= 15 is 0 Å². The molecule has 0 unspecified atom stereocenters. The topological polar surface area (TPSA) is 36.4 Å². The molecule has 1 aliphatic rings. The summed E-state index contributed by atoms with van der Waals surface area (Å²) in [4.78, 5) is 22.1. The molecule has 3 rings (SSSR count). The Balaban J connectivity index is 1.35. The molecule has 0 radical (unpaired) electrons. The average Bonchev–Trinajstić information content (AvgIpc) is 3.15. The highest BCUT2D eigenvalue weighted by Crippen LogP contribution is 2.22. The van der Waals surface area contributed by atoms with Gasteiger partial charge in [-0.05, 0) is 36.4 Å². The summed E-state index contributed by atoms with van der Waals surface area (Å²) in [7, 11) is 0. The molecule has 2 aromatic rings. The minimum atomic E-state index is 0.269. The molecular formula is C17H20ClN3OS2. The number of piperazine rings is 1. The standard InChI is InChI=1S/C17H20ClN3OS2/c18-14-3-5-15(6-4-14)23-12-1-2-16(22)20-8-10-21(11-9-20)17-19-7-13-24-17/h3-7,13H,1-2,8-12H2. The molecule has 1 fully saturated rings. The second kappa shape index (κ2) is 8.74. The zero-order valence-corrected chi connectivity index (χ0v) is 15.7. The third-order valence-corrected chi connectivity index (χ3v) is 6.12. The molecule has 7 heteroatoms. The monoisotopic (exact) mass is 381 g/mol. The molecule has 1 aromatic heterocycles. The van der Waals surface area contributed by atoms with Crippen LogP contribution in [0.15, 0.2) is 40.7 Å². The van der Waals surface area contributed by atoms with E-state index in [2.05, 4.69) is 9.88 Å². The van der Waals surface area contributed by atoms with Gasteiger partial charge in [0.2, 0.25) is 5.91 Å². The van der Waals surface area contributed by atoms with Crippen LogP contribution in [-0.4, -0.2) is 47.7 Å². The summed E-state index contributed by atoms with van der Waals surface area (Å²) in [6.07, 6.45) is 3.35. The van der Waals surface area contributed by atoms with Gasteiger partial charge in [-0.15, -0.1) is 23.1 Å². The lowest BCUT2D eigenvalue weighted by molar-refractivity contribution is -0.131. The molecule has 0 aliphatic carbocycles. The maximum Gasteiger partial charge on any atom is 0.222 e. The van der Waals surface area contributed by atoms with Crippen molar-refractivity contribution >= 4 is 45.7 Å². The van der Waals surface area contributed by atoms with E-state index in [1.807, 2.05) is 40.7 Å². The van der Waals surface area contributed by atoms with Crippen LogP contribution < -0.4 is 4.90 Å². The zero-order valence-electron chi connectivity index (χ0n) is 13.4. The zero-order chi connectivity index (χ0) is 16.8. The highest BCUT2D eigenvalue weighted by molar-refractivity contribution is 7.99.